The molecule has 2 aromatic rings. The van der Waals surface area contributed by atoms with Gasteiger partial charge in [-0.05, 0) is 13.0 Å². The quantitative estimate of drug-likeness (QED) is 0.746. The molecule has 0 bridgehead atoms. The van der Waals surface area contributed by atoms with E-state index in [9.17, 15) is 9.59 Å². The fraction of sp³-hybridized carbons (Fsp3) is 0.333. The van der Waals surface area contributed by atoms with Gasteiger partial charge in [0.1, 0.15) is 0 Å². The minimum Gasteiger partial charge on any atom is -0.460 e. The summed E-state index contributed by atoms with van der Waals surface area (Å²) in [6.07, 6.45) is 1.64. The second-order valence-corrected chi connectivity index (χ2v) is 3.97. The number of esters is 1. The zero-order chi connectivity index (χ0) is 14.0. The minimum atomic E-state index is -0.576. The molecule has 0 atom stereocenters. The molecule has 0 amide bonds. The first kappa shape index (κ1) is 13.0. The summed E-state index contributed by atoms with van der Waals surface area (Å²) in [6, 6.07) is 3.18. The van der Waals surface area contributed by atoms with Crippen molar-refractivity contribution in [1.82, 2.24) is 19.3 Å². The zero-order valence-electron chi connectivity index (χ0n) is 11.0. The Bertz CT molecular complexity index is 672. The predicted molar refractivity (Wildman–Crippen MR) is 67.6 cm³/mol. The van der Waals surface area contributed by atoms with Crippen molar-refractivity contribution in [2.24, 2.45) is 14.1 Å². The Labute approximate surface area is 109 Å². The molecular formula is C12H14N4O3. The van der Waals surface area contributed by atoms with Gasteiger partial charge in [0.15, 0.2) is 5.82 Å². The molecule has 0 N–H and O–H groups in total. The number of carbonyl (C=O) groups is 1. The molecule has 7 nitrogen and oxygen atoms in total. The van der Waals surface area contributed by atoms with Crippen molar-refractivity contribution in [2.45, 2.75) is 6.92 Å². The van der Waals surface area contributed by atoms with Crippen molar-refractivity contribution in [3.8, 4) is 11.4 Å². The van der Waals surface area contributed by atoms with E-state index in [-0.39, 0.29) is 18.0 Å². The highest BCUT2D eigenvalue weighted by atomic mass is 16.5. The molecule has 0 aliphatic rings. The lowest BCUT2D eigenvalue weighted by Crippen LogP contribution is -2.14. The Morgan fingerprint density at radius 2 is 2.16 bits per heavy atom. The third kappa shape index (κ3) is 2.54. The molecule has 19 heavy (non-hydrogen) atoms. The lowest BCUT2D eigenvalue weighted by atomic mass is 10.2. The highest BCUT2D eigenvalue weighted by Crippen LogP contribution is 2.14. The molecule has 0 fully saturated rings. The van der Waals surface area contributed by atoms with Gasteiger partial charge in [0, 0.05) is 31.9 Å². The summed E-state index contributed by atoms with van der Waals surface area (Å²) in [4.78, 5) is 27.2. The van der Waals surface area contributed by atoms with Crippen LogP contribution in [-0.4, -0.2) is 31.9 Å². The standard InChI is InChI=1S/C12H14N4O3/c1-4-19-12(18)10-13-11(16(3)14-10)8-5-6-15(2)9(17)7-8/h5-7H,4H2,1-3H3. The lowest BCUT2D eigenvalue weighted by Gasteiger charge is -2.00. The van der Waals surface area contributed by atoms with Gasteiger partial charge in [-0.2, -0.15) is 0 Å². The molecule has 0 spiro atoms. The van der Waals surface area contributed by atoms with Crippen LogP contribution in [0.3, 0.4) is 0 Å². The van der Waals surface area contributed by atoms with Gasteiger partial charge < -0.3 is 9.30 Å². The molecule has 0 aromatic carbocycles. The highest BCUT2D eigenvalue weighted by Gasteiger charge is 2.17. The number of hydrogen-bond acceptors (Lipinski definition) is 5. The van der Waals surface area contributed by atoms with Gasteiger partial charge in [-0.25, -0.2) is 14.5 Å². The van der Waals surface area contributed by atoms with E-state index in [1.165, 1.54) is 15.3 Å². The van der Waals surface area contributed by atoms with Crippen molar-refractivity contribution in [1.29, 1.82) is 0 Å². The smallest absolute Gasteiger partial charge is 0.378 e. The van der Waals surface area contributed by atoms with Crippen LogP contribution in [0.4, 0.5) is 0 Å². The number of hydrogen-bond donors (Lipinski definition) is 0. The van der Waals surface area contributed by atoms with Gasteiger partial charge in [0.2, 0.25) is 0 Å². The van der Waals surface area contributed by atoms with Crippen molar-refractivity contribution in [3.05, 3.63) is 34.5 Å². The highest BCUT2D eigenvalue weighted by molar-refractivity contribution is 5.85. The number of aromatic nitrogens is 4. The maximum absolute atomic E-state index is 11.6. The minimum absolute atomic E-state index is 0.0139. The van der Waals surface area contributed by atoms with Crippen LogP contribution in [0.2, 0.25) is 0 Å². The molecule has 0 aliphatic carbocycles. The SMILES string of the molecule is CCOC(=O)c1nc(-c2ccn(C)c(=O)c2)n(C)n1. The van der Waals surface area contributed by atoms with Crippen LogP contribution in [-0.2, 0) is 18.8 Å². The molecular weight excluding hydrogens is 248 g/mol. The first-order chi connectivity index (χ1) is 9.02. The average Bonchev–Trinajstić information content (AvgIpc) is 2.75. The molecule has 100 valence electrons. The molecule has 7 heteroatoms. The van der Waals surface area contributed by atoms with Crippen LogP contribution in [0, 0.1) is 0 Å². The second-order valence-electron chi connectivity index (χ2n) is 3.97. The molecule has 0 radical (unpaired) electrons. The predicted octanol–water partition coefficient (Wildman–Crippen LogP) is 0.357. The van der Waals surface area contributed by atoms with E-state index in [2.05, 4.69) is 10.1 Å². The number of carbonyl (C=O) groups excluding carboxylic acids is 1. The van der Waals surface area contributed by atoms with E-state index in [0.717, 1.165) is 0 Å². The van der Waals surface area contributed by atoms with E-state index >= 15 is 0 Å². The number of aryl methyl sites for hydroxylation is 2. The molecule has 0 unspecified atom stereocenters. The van der Waals surface area contributed by atoms with Crippen LogP contribution in [0.25, 0.3) is 11.4 Å². The third-order valence-electron chi connectivity index (χ3n) is 2.58. The van der Waals surface area contributed by atoms with Gasteiger partial charge in [-0.1, -0.05) is 0 Å². The Kier molecular flexibility index (Phi) is 3.46. The molecule has 0 aliphatic heterocycles. The molecule has 2 heterocycles. The topological polar surface area (TPSA) is 79.0 Å². The second kappa shape index (κ2) is 5.05. The van der Waals surface area contributed by atoms with Crippen LogP contribution < -0.4 is 5.56 Å². The van der Waals surface area contributed by atoms with Crippen molar-refractivity contribution in [2.75, 3.05) is 6.61 Å². The summed E-state index contributed by atoms with van der Waals surface area (Å²) >= 11 is 0. The van der Waals surface area contributed by atoms with E-state index < -0.39 is 5.97 Å². The van der Waals surface area contributed by atoms with E-state index in [1.54, 1.807) is 33.3 Å². The molecule has 2 rings (SSSR count). The number of nitrogens with zero attached hydrogens (tertiary/aromatic N) is 4. The fourth-order valence-electron chi connectivity index (χ4n) is 1.61. The van der Waals surface area contributed by atoms with Crippen molar-refractivity contribution < 1.29 is 9.53 Å². The Balaban J connectivity index is 2.43. The largest absolute Gasteiger partial charge is 0.460 e. The van der Waals surface area contributed by atoms with E-state index in [1.807, 2.05) is 0 Å². The average molecular weight is 262 g/mol. The summed E-state index contributed by atoms with van der Waals surface area (Å²) in [6.45, 7) is 1.97. The van der Waals surface area contributed by atoms with Gasteiger partial charge >= 0.3 is 5.97 Å². The van der Waals surface area contributed by atoms with E-state index in [0.29, 0.717) is 11.4 Å². The normalized spacial score (nSPS) is 10.5. The summed E-state index contributed by atoms with van der Waals surface area (Å²) in [7, 11) is 3.31. The summed E-state index contributed by atoms with van der Waals surface area (Å²) in [5.74, 6) is -0.144. The first-order valence-electron chi connectivity index (χ1n) is 5.78. The first-order valence-corrected chi connectivity index (χ1v) is 5.78. The van der Waals surface area contributed by atoms with Crippen molar-refractivity contribution >= 4 is 5.97 Å². The van der Waals surface area contributed by atoms with Crippen LogP contribution in [0.5, 0.6) is 0 Å². The van der Waals surface area contributed by atoms with Gasteiger partial charge in [-0.3, -0.25) is 4.79 Å². The van der Waals surface area contributed by atoms with E-state index in [4.69, 9.17) is 4.74 Å². The van der Waals surface area contributed by atoms with Crippen molar-refractivity contribution in [3.63, 3.8) is 0 Å². The third-order valence-corrected chi connectivity index (χ3v) is 2.58. The maximum atomic E-state index is 11.6. The maximum Gasteiger partial charge on any atom is 0.378 e. The molecule has 2 aromatic heterocycles. The Morgan fingerprint density at radius 3 is 2.79 bits per heavy atom. The number of pyridine rings is 1. The number of ether oxygens (including phenoxy) is 1. The Morgan fingerprint density at radius 1 is 1.42 bits per heavy atom. The summed E-state index contributed by atoms with van der Waals surface area (Å²) in [5.41, 5.74) is 0.451. The monoisotopic (exact) mass is 262 g/mol. The summed E-state index contributed by atoms with van der Waals surface area (Å²) < 4.78 is 7.73. The van der Waals surface area contributed by atoms with Crippen LogP contribution >= 0.6 is 0 Å². The van der Waals surface area contributed by atoms with Crippen LogP contribution in [0.1, 0.15) is 17.5 Å². The molecule has 0 saturated carbocycles. The van der Waals surface area contributed by atoms with Crippen LogP contribution in [0.15, 0.2) is 23.1 Å². The summed E-state index contributed by atoms with van der Waals surface area (Å²) in [5, 5.41) is 3.98. The van der Waals surface area contributed by atoms with Gasteiger partial charge in [0.25, 0.3) is 11.4 Å². The van der Waals surface area contributed by atoms with Gasteiger partial charge in [-0.15, -0.1) is 5.10 Å². The lowest BCUT2D eigenvalue weighted by molar-refractivity contribution is 0.0512. The number of rotatable bonds is 3. The zero-order valence-corrected chi connectivity index (χ0v) is 11.0. The van der Waals surface area contributed by atoms with Gasteiger partial charge in [0.05, 0.1) is 6.61 Å². The molecule has 0 saturated heterocycles. The Hall–Kier alpha value is -2.44. The fourth-order valence-corrected chi connectivity index (χ4v) is 1.61.